The second-order valence-electron chi connectivity index (χ2n) is 16.4. The summed E-state index contributed by atoms with van der Waals surface area (Å²) in [7, 11) is 2.51. The molecular weight excluding hydrogens is 757 g/mol. The lowest BCUT2D eigenvalue weighted by molar-refractivity contribution is -0.142. The lowest BCUT2D eigenvalue weighted by atomic mass is 9.88. The molecule has 0 radical (unpaired) electrons. The molecule has 308 valence electrons. The van der Waals surface area contributed by atoms with Gasteiger partial charge in [0.2, 0.25) is 11.8 Å². The van der Waals surface area contributed by atoms with Crippen LogP contribution in [0.3, 0.4) is 0 Å². The van der Waals surface area contributed by atoms with Crippen molar-refractivity contribution in [2.24, 2.45) is 5.92 Å². The first kappa shape index (κ1) is 38.4. The molecule has 1 unspecified atom stereocenters. The van der Waals surface area contributed by atoms with Gasteiger partial charge in [0.05, 0.1) is 55.3 Å². The number of imidazole rings is 2. The molecule has 0 bridgehead atoms. The number of aliphatic hydroxyl groups is 1. The summed E-state index contributed by atoms with van der Waals surface area (Å²) >= 11 is 0. The number of nitrogens with one attached hydrogen (secondary N) is 4. The van der Waals surface area contributed by atoms with E-state index in [0.29, 0.717) is 18.9 Å². The fraction of sp³-hybridized carbons (Fsp3) is 0.442. The van der Waals surface area contributed by atoms with Gasteiger partial charge in [-0.15, -0.1) is 0 Å². The number of methoxy groups -OCH3 is 2. The molecule has 4 aliphatic heterocycles. The Balaban J connectivity index is 0.967. The molecule has 5 N–H and O–H groups in total. The summed E-state index contributed by atoms with van der Waals surface area (Å²) in [6.45, 7) is 5.78. The van der Waals surface area contributed by atoms with Crippen molar-refractivity contribution >= 4 is 45.8 Å². The first-order valence-corrected chi connectivity index (χ1v) is 20.2. The highest BCUT2D eigenvalue weighted by Crippen LogP contribution is 2.45. The average Bonchev–Trinajstić information content (AvgIpc) is 4.05. The van der Waals surface area contributed by atoms with Crippen LogP contribution in [0.25, 0.3) is 44.2 Å². The maximum atomic E-state index is 13.8. The van der Waals surface area contributed by atoms with Gasteiger partial charge < -0.3 is 49.7 Å². The van der Waals surface area contributed by atoms with Gasteiger partial charge in [-0.2, -0.15) is 0 Å². The van der Waals surface area contributed by atoms with Crippen LogP contribution >= 0.6 is 0 Å². The molecule has 6 heterocycles. The molecule has 16 heteroatoms. The molecule has 0 saturated carbocycles. The van der Waals surface area contributed by atoms with Crippen molar-refractivity contribution in [2.45, 2.75) is 102 Å². The number of likely N-dealkylation sites (tertiary alicyclic amines) is 1. The summed E-state index contributed by atoms with van der Waals surface area (Å²) < 4.78 is 15.9. The monoisotopic (exact) mass is 804 g/mol. The number of amides is 4. The number of ether oxygens (including phenoxy) is 3. The van der Waals surface area contributed by atoms with Gasteiger partial charge >= 0.3 is 12.2 Å². The van der Waals surface area contributed by atoms with E-state index in [4.69, 9.17) is 24.2 Å². The molecule has 3 fully saturated rings. The molecular formula is C43H48N8O8. The third-order valence-electron chi connectivity index (χ3n) is 12.7. The Kier molecular flexibility index (Phi) is 9.69. The number of aromatic amines is 2. The summed E-state index contributed by atoms with van der Waals surface area (Å²) in [5.41, 5.74) is 6.45. The Morgan fingerprint density at radius 1 is 0.949 bits per heavy atom. The first-order valence-electron chi connectivity index (χ1n) is 20.2. The number of carbonyl (C=O) groups is 4. The van der Waals surface area contributed by atoms with Crippen LogP contribution in [0.2, 0.25) is 0 Å². The summed E-state index contributed by atoms with van der Waals surface area (Å²) in [5, 5.41) is 17.5. The number of carbonyl (C=O) groups excluding carboxylic acids is 4. The van der Waals surface area contributed by atoms with Crippen LogP contribution in [-0.4, -0.2) is 103 Å². The number of alkyl carbamates (subject to hydrolysis) is 2. The summed E-state index contributed by atoms with van der Waals surface area (Å²) in [4.78, 5) is 71.9. The molecule has 2 aromatic heterocycles. The molecule has 4 amide bonds. The van der Waals surface area contributed by atoms with E-state index in [0.717, 1.165) is 87.0 Å². The number of aliphatic hydroxyl groups excluding tert-OH is 1. The summed E-state index contributed by atoms with van der Waals surface area (Å²) in [5.74, 6) is 1.60. The topological polar surface area (TPSA) is 204 Å². The van der Waals surface area contributed by atoms with Crippen LogP contribution < -0.4 is 15.4 Å². The number of H-pyrrole nitrogens is 2. The van der Waals surface area contributed by atoms with Gasteiger partial charge in [0, 0.05) is 23.0 Å². The van der Waals surface area contributed by atoms with E-state index in [-0.39, 0.29) is 36.0 Å². The van der Waals surface area contributed by atoms with Crippen molar-refractivity contribution in [3.63, 3.8) is 0 Å². The molecule has 4 aliphatic rings. The molecule has 3 aromatic carbocycles. The van der Waals surface area contributed by atoms with Gasteiger partial charge in [0.25, 0.3) is 0 Å². The number of aromatic nitrogens is 4. The van der Waals surface area contributed by atoms with Gasteiger partial charge in [-0.05, 0) is 98.2 Å². The van der Waals surface area contributed by atoms with Crippen molar-refractivity contribution in [2.75, 3.05) is 14.2 Å². The number of benzene rings is 3. The smallest absolute Gasteiger partial charge is 0.407 e. The van der Waals surface area contributed by atoms with E-state index in [1.807, 2.05) is 43.1 Å². The van der Waals surface area contributed by atoms with Crippen LogP contribution in [0.15, 0.2) is 48.7 Å². The minimum Gasteiger partial charge on any atom is -0.488 e. The van der Waals surface area contributed by atoms with Gasteiger partial charge in [0.15, 0.2) is 0 Å². The van der Waals surface area contributed by atoms with Crippen molar-refractivity contribution in [1.29, 1.82) is 0 Å². The normalized spacial score (nSPS) is 24.5. The summed E-state index contributed by atoms with van der Waals surface area (Å²) in [6, 6.07) is 12.0. The fourth-order valence-electron chi connectivity index (χ4n) is 9.72. The maximum Gasteiger partial charge on any atom is 0.407 e. The third kappa shape index (κ3) is 6.59. The number of piperidine rings is 1. The quantitative estimate of drug-likeness (QED) is 0.137. The molecule has 9 rings (SSSR count). The second-order valence-corrected chi connectivity index (χ2v) is 16.4. The van der Waals surface area contributed by atoms with Crippen LogP contribution in [0.4, 0.5) is 9.59 Å². The Bertz CT molecular complexity index is 2500. The SMILES string of the molecule is COC(=O)N[C@@H]1C(=O)N2[C@H](CC[C@H]2c2ncc(-c3ccc4c(c3)COc3cc5c(ccc6[nH]c([C@@H]7CC[C@H](C)N7C(=O)[C@@H](NC(=O)OC)[C@@H](C)O)nc65)cc3-4)[nH]2)CC1C. The molecule has 0 spiro atoms. The Morgan fingerprint density at radius 2 is 1.75 bits per heavy atom. The van der Waals surface area contributed by atoms with E-state index in [9.17, 15) is 24.3 Å². The average molecular weight is 805 g/mol. The minimum absolute atomic E-state index is 0.000316. The van der Waals surface area contributed by atoms with Crippen LogP contribution in [0.5, 0.6) is 5.75 Å². The van der Waals surface area contributed by atoms with Crippen molar-refractivity contribution in [1.82, 2.24) is 40.4 Å². The van der Waals surface area contributed by atoms with Gasteiger partial charge in [-0.3, -0.25) is 9.59 Å². The summed E-state index contributed by atoms with van der Waals surface area (Å²) in [6.07, 6.45) is 3.14. The molecule has 59 heavy (non-hydrogen) atoms. The van der Waals surface area contributed by atoms with E-state index >= 15 is 0 Å². The maximum absolute atomic E-state index is 13.8. The van der Waals surface area contributed by atoms with Crippen molar-refractivity contribution in [3.8, 4) is 28.1 Å². The van der Waals surface area contributed by atoms with E-state index in [1.165, 1.54) is 21.1 Å². The number of nitrogens with zero attached hydrogens (tertiary/aromatic N) is 4. The van der Waals surface area contributed by atoms with Crippen LogP contribution in [0.1, 0.15) is 82.2 Å². The largest absolute Gasteiger partial charge is 0.488 e. The fourth-order valence-corrected chi connectivity index (χ4v) is 9.72. The highest BCUT2D eigenvalue weighted by Gasteiger charge is 2.48. The van der Waals surface area contributed by atoms with Crippen molar-refractivity contribution < 1.29 is 38.5 Å². The first-order chi connectivity index (χ1) is 28.4. The predicted molar refractivity (Wildman–Crippen MR) is 216 cm³/mol. The minimum atomic E-state index is -1.17. The molecule has 0 aliphatic carbocycles. The highest BCUT2D eigenvalue weighted by molar-refractivity contribution is 6.07. The van der Waals surface area contributed by atoms with E-state index in [2.05, 4.69) is 44.9 Å². The van der Waals surface area contributed by atoms with Gasteiger partial charge in [-0.1, -0.05) is 25.1 Å². The lowest BCUT2D eigenvalue weighted by Gasteiger charge is -2.41. The number of rotatable bonds is 7. The zero-order valence-corrected chi connectivity index (χ0v) is 33.6. The highest BCUT2D eigenvalue weighted by atomic mass is 16.5. The Hall–Kier alpha value is -6.16. The zero-order chi connectivity index (χ0) is 41.3. The second kappa shape index (κ2) is 14.9. The number of hydrogen-bond donors (Lipinski definition) is 5. The lowest BCUT2D eigenvalue weighted by Crippen LogP contribution is -2.58. The Morgan fingerprint density at radius 3 is 2.53 bits per heavy atom. The molecule has 8 atom stereocenters. The van der Waals surface area contributed by atoms with Crippen LogP contribution in [-0.2, 0) is 25.7 Å². The molecule has 3 saturated heterocycles. The number of fused-ring (bicyclic) bond motifs is 7. The standard InChI is InChI=1S/C43H48N8O8/c1-20-14-26-9-13-32(51(26)40(53)35(20)48-42(55)57-4)38-44-18-31(46-38)24-7-10-27-25(15-24)19-59-34-17-28-23(16-29(27)34)8-11-30-37(28)47-39(45-30)33-12-6-21(2)50(33)41(54)36(22(3)52)49-43(56)58-5/h7-8,10-11,15-18,20-22,26,32-33,35-36,52H,6,9,12-14,19H2,1-5H3,(H,44,46)(H,45,47)(H,48,55)(H,49,56)/t20?,21-,22+,26+,32-,33-,35-,36-/m0/s1. The van der Waals surface area contributed by atoms with Crippen molar-refractivity contribution in [3.05, 3.63) is 65.9 Å². The number of hydrogen-bond acceptors (Lipinski definition) is 10. The van der Waals surface area contributed by atoms with Gasteiger partial charge in [0.1, 0.15) is 36.1 Å². The van der Waals surface area contributed by atoms with Crippen LogP contribution in [0, 0.1) is 5.92 Å². The van der Waals surface area contributed by atoms with E-state index < -0.39 is 36.3 Å². The molecule has 16 nitrogen and oxygen atoms in total. The van der Waals surface area contributed by atoms with Gasteiger partial charge in [-0.25, -0.2) is 19.6 Å². The molecule has 5 aromatic rings. The third-order valence-corrected chi connectivity index (χ3v) is 12.7. The Labute approximate surface area is 340 Å². The zero-order valence-electron chi connectivity index (χ0n) is 33.6. The van der Waals surface area contributed by atoms with E-state index in [1.54, 1.807) is 4.90 Å². The predicted octanol–water partition coefficient (Wildman–Crippen LogP) is 5.62.